The maximum Gasteiger partial charge on any atom is 0.488 e. The molecular weight excluding hydrogens is 466 g/mol. The lowest BCUT2D eigenvalue weighted by atomic mass is 9.80. The predicted molar refractivity (Wildman–Crippen MR) is 130 cm³/mol. The Morgan fingerprint density at radius 3 is 1.91 bits per heavy atom. The zero-order valence-corrected chi connectivity index (χ0v) is 20.4. The Morgan fingerprint density at radius 1 is 0.914 bits per heavy atom. The van der Waals surface area contributed by atoms with Gasteiger partial charge in [-0.25, -0.2) is 0 Å². The van der Waals surface area contributed by atoms with E-state index in [-0.39, 0.29) is 13.0 Å². The Morgan fingerprint density at radius 2 is 1.43 bits per heavy atom. The van der Waals surface area contributed by atoms with Crippen LogP contribution in [0.1, 0.15) is 23.1 Å². The molecule has 2 radical (unpaired) electrons. The molecule has 1 aliphatic rings. The number of methoxy groups -OCH3 is 2. The number of hydrogen-bond donors (Lipinski definition) is 0. The fourth-order valence-electron chi connectivity index (χ4n) is 4.40. The van der Waals surface area contributed by atoms with E-state index in [0.29, 0.717) is 11.5 Å². The van der Waals surface area contributed by atoms with Gasteiger partial charge in [0.2, 0.25) is 0 Å². The molecule has 1 unspecified atom stereocenters. The Hall–Kier alpha value is -2.74. The van der Waals surface area contributed by atoms with Gasteiger partial charge in [0.1, 0.15) is 37.2 Å². The van der Waals surface area contributed by atoms with Gasteiger partial charge in [0.15, 0.2) is 0 Å². The van der Waals surface area contributed by atoms with Crippen LogP contribution < -0.4 is 14.4 Å². The Bertz CT molecular complexity index is 1060. The Labute approximate surface area is 207 Å². The van der Waals surface area contributed by atoms with Crippen molar-refractivity contribution in [3.8, 4) is 11.5 Å². The van der Waals surface area contributed by atoms with Crippen LogP contribution in [0.15, 0.2) is 78.9 Å². The molecular formula is C26H26BO7P. The molecule has 0 aromatic heterocycles. The quantitative estimate of drug-likeness (QED) is 0.242. The Kier molecular flexibility index (Phi) is 8.21. The van der Waals surface area contributed by atoms with E-state index in [1.807, 2.05) is 78.9 Å². The molecule has 1 heterocycles. The number of hydrogen-bond acceptors (Lipinski definition) is 7. The van der Waals surface area contributed by atoms with Crippen LogP contribution in [0.4, 0.5) is 0 Å². The summed E-state index contributed by atoms with van der Waals surface area (Å²) in [6, 6.07) is 24.4. The van der Waals surface area contributed by atoms with E-state index in [2.05, 4.69) is 0 Å². The fraction of sp³-hybridized carbons (Fsp3) is 0.308. The van der Waals surface area contributed by atoms with Gasteiger partial charge in [-0.2, -0.15) is 0 Å². The topological polar surface area (TPSA) is 86.3 Å². The van der Waals surface area contributed by atoms with E-state index in [4.69, 9.17) is 31.3 Å². The summed E-state index contributed by atoms with van der Waals surface area (Å²) in [4.78, 5) is 11.2. The molecule has 1 saturated heterocycles. The largest absolute Gasteiger partial charge is 0.566 e. The molecule has 7 nitrogen and oxygen atoms in total. The molecule has 0 bridgehead atoms. The molecule has 9 heteroatoms. The maximum absolute atomic E-state index is 11.2. The number of ether oxygens (including phenoxy) is 4. The van der Waals surface area contributed by atoms with Crippen molar-refractivity contribution in [1.82, 2.24) is 0 Å². The highest BCUT2D eigenvalue weighted by atomic mass is 31.1. The molecule has 4 rings (SSSR count). The normalized spacial score (nSPS) is 20.4. The monoisotopic (exact) mass is 492 g/mol. The van der Waals surface area contributed by atoms with Gasteiger partial charge in [0.25, 0.3) is 0 Å². The van der Waals surface area contributed by atoms with Crippen LogP contribution in [0.3, 0.4) is 0 Å². The highest BCUT2D eigenvalue weighted by molar-refractivity contribution is 7.30. The second-order valence-electron chi connectivity index (χ2n) is 8.13. The van der Waals surface area contributed by atoms with Gasteiger partial charge >= 0.3 is 8.25 Å². The molecule has 0 amide bonds. The van der Waals surface area contributed by atoms with Crippen LogP contribution in [0.25, 0.3) is 0 Å². The van der Waals surface area contributed by atoms with Crippen molar-refractivity contribution in [1.29, 1.82) is 0 Å². The Balaban J connectivity index is 1.81. The molecule has 3 aromatic rings. The van der Waals surface area contributed by atoms with E-state index < -0.39 is 32.1 Å². The highest BCUT2D eigenvalue weighted by Crippen LogP contribution is 2.42. The van der Waals surface area contributed by atoms with Crippen molar-refractivity contribution in [2.24, 2.45) is 0 Å². The maximum atomic E-state index is 11.2. The molecule has 4 atom stereocenters. The van der Waals surface area contributed by atoms with E-state index in [1.54, 1.807) is 14.2 Å². The van der Waals surface area contributed by atoms with E-state index in [0.717, 1.165) is 16.7 Å². The molecule has 0 aliphatic carbocycles. The smallest absolute Gasteiger partial charge is 0.488 e. The lowest BCUT2D eigenvalue weighted by Gasteiger charge is -2.37. The zero-order chi connectivity index (χ0) is 24.8. The molecule has 0 N–H and O–H groups in total. The van der Waals surface area contributed by atoms with Crippen LogP contribution in [0.2, 0.25) is 0 Å². The molecule has 1 fully saturated rings. The first kappa shape index (κ1) is 25.4. The summed E-state index contributed by atoms with van der Waals surface area (Å²) in [5, 5.41) is 0. The van der Waals surface area contributed by atoms with Crippen LogP contribution in [0, 0.1) is 0 Å². The van der Waals surface area contributed by atoms with Crippen molar-refractivity contribution in [2.45, 2.75) is 30.2 Å². The summed E-state index contributed by atoms with van der Waals surface area (Å²) in [5.74, 6) is 1.42. The fourth-order valence-corrected chi connectivity index (χ4v) is 4.84. The van der Waals surface area contributed by atoms with Gasteiger partial charge in [0, 0.05) is 6.00 Å². The van der Waals surface area contributed by atoms with Crippen LogP contribution >= 0.6 is 8.25 Å². The second-order valence-corrected chi connectivity index (χ2v) is 8.79. The first-order chi connectivity index (χ1) is 17.0. The third-order valence-electron chi connectivity index (χ3n) is 6.09. The predicted octanol–water partition coefficient (Wildman–Crippen LogP) is 3.70. The van der Waals surface area contributed by atoms with Gasteiger partial charge in [-0.1, -0.05) is 54.6 Å². The van der Waals surface area contributed by atoms with Gasteiger partial charge in [0.05, 0.1) is 20.8 Å². The van der Waals surface area contributed by atoms with Crippen molar-refractivity contribution in [3.05, 3.63) is 95.6 Å². The van der Waals surface area contributed by atoms with Gasteiger partial charge < -0.3 is 23.8 Å². The summed E-state index contributed by atoms with van der Waals surface area (Å²) in [6.07, 6.45) is -1.15. The zero-order valence-electron chi connectivity index (χ0n) is 19.5. The summed E-state index contributed by atoms with van der Waals surface area (Å²) in [5.41, 5.74) is 1.53. The van der Waals surface area contributed by atoms with Gasteiger partial charge in [-0.15, -0.1) is 4.52 Å². The first-order valence-electron chi connectivity index (χ1n) is 11.2. The average Bonchev–Trinajstić information content (AvgIpc) is 3.23. The van der Waals surface area contributed by atoms with Crippen LogP contribution in [0.5, 0.6) is 11.5 Å². The van der Waals surface area contributed by atoms with Crippen molar-refractivity contribution in [2.75, 3.05) is 20.8 Å². The average molecular weight is 492 g/mol. The van der Waals surface area contributed by atoms with Crippen molar-refractivity contribution >= 4 is 16.1 Å². The molecule has 35 heavy (non-hydrogen) atoms. The number of benzene rings is 3. The first-order valence-corrected chi connectivity index (χ1v) is 12.3. The second kappa shape index (κ2) is 11.3. The molecule has 1 aliphatic heterocycles. The summed E-state index contributed by atoms with van der Waals surface area (Å²) < 4.78 is 39.6. The lowest BCUT2D eigenvalue weighted by Crippen LogP contribution is -2.38. The van der Waals surface area contributed by atoms with Crippen molar-refractivity contribution < 1.29 is 32.9 Å². The molecule has 180 valence electrons. The van der Waals surface area contributed by atoms with Crippen molar-refractivity contribution in [3.63, 3.8) is 0 Å². The third-order valence-corrected chi connectivity index (χ3v) is 6.53. The van der Waals surface area contributed by atoms with Crippen LogP contribution in [-0.2, 0) is 24.2 Å². The van der Waals surface area contributed by atoms with Gasteiger partial charge in [-0.3, -0.25) is 0 Å². The summed E-state index contributed by atoms with van der Waals surface area (Å²) in [7, 11) is 6.11. The summed E-state index contributed by atoms with van der Waals surface area (Å²) in [6.45, 7) is 0.0362. The minimum absolute atomic E-state index is 0.0362. The third kappa shape index (κ3) is 5.58. The number of rotatable bonds is 10. The SMILES string of the molecule is [B][C@H]1C[C@@H](O[P+](=O)[O-])[C@@H](COC(c2ccccc2)(c2ccc(OC)cc2)c2ccc(OC)cc2)O1. The minimum Gasteiger partial charge on any atom is -0.566 e. The highest BCUT2D eigenvalue weighted by Gasteiger charge is 2.43. The van der Waals surface area contributed by atoms with E-state index in [1.165, 1.54) is 0 Å². The molecule has 0 saturated carbocycles. The standard InChI is InChI=1S/C26H26BO7P/c1-30-21-12-8-19(9-13-21)26(18-6-4-3-5-7-18,20-10-14-22(31-2)15-11-20)32-17-24-23(34-35(28)29)16-25(27)33-24/h3-15,23-25H,16-17H2,1-2H3/t23-,24-,25-/m1/s1. The minimum atomic E-state index is -3.06. The van der Waals surface area contributed by atoms with Crippen LogP contribution in [-0.4, -0.2) is 46.9 Å². The summed E-state index contributed by atoms with van der Waals surface area (Å²) >= 11 is 0. The van der Waals surface area contributed by atoms with E-state index >= 15 is 0 Å². The lowest BCUT2D eigenvalue weighted by molar-refractivity contribution is -0.192. The molecule has 0 spiro atoms. The van der Waals surface area contributed by atoms with E-state index in [9.17, 15) is 9.46 Å². The molecule has 3 aromatic carbocycles. The van der Waals surface area contributed by atoms with Gasteiger partial charge in [-0.05, 0) is 51.9 Å².